The number of thioether (sulfide) groups is 1. The van der Waals surface area contributed by atoms with Crippen molar-refractivity contribution in [1.82, 2.24) is 20.2 Å². The Balaban J connectivity index is 1.61. The molecule has 8 heteroatoms. The number of nitrogens with zero attached hydrogens (tertiary/aromatic N) is 4. The molecule has 0 aliphatic carbocycles. The number of benzene rings is 2. The molecule has 0 aliphatic heterocycles. The van der Waals surface area contributed by atoms with Crippen molar-refractivity contribution in [2.45, 2.75) is 5.16 Å². The fraction of sp³-hybridized carbons (Fsp3) is 0.188. The lowest BCUT2D eigenvalue weighted by molar-refractivity contribution is 0.344. The van der Waals surface area contributed by atoms with Crippen LogP contribution >= 0.6 is 27.7 Å². The van der Waals surface area contributed by atoms with Crippen LogP contribution in [0.5, 0.6) is 11.5 Å². The van der Waals surface area contributed by atoms with Crippen LogP contribution in [0.3, 0.4) is 0 Å². The molecular weight excluding hydrogens is 392 g/mol. The zero-order valence-corrected chi connectivity index (χ0v) is 15.3. The van der Waals surface area contributed by atoms with Crippen molar-refractivity contribution in [1.29, 1.82) is 0 Å². The van der Waals surface area contributed by atoms with Gasteiger partial charge in [-0.25, -0.2) is 0 Å². The molecule has 3 rings (SSSR count). The maximum atomic E-state index is 5.71. The van der Waals surface area contributed by atoms with Gasteiger partial charge < -0.3 is 9.47 Å². The quantitative estimate of drug-likeness (QED) is 0.441. The third kappa shape index (κ3) is 4.07. The van der Waals surface area contributed by atoms with Crippen molar-refractivity contribution < 1.29 is 9.47 Å². The summed E-state index contributed by atoms with van der Waals surface area (Å²) in [6.45, 7) is 0.561. The molecule has 0 N–H and O–H groups in total. The van der Waals surface area contributed by atoms with Crippen molar-refractivity contribution in [3.05, 3.63) is 53.0 Å². The SMILES string of the molecule is COc1ccccc1-n1nnnc1SCCOc1ccc(Br)cc1. The van der Waals surface area contributed by atoms with Crippen LogP contribution < -0.4 is 9.47 Å². The monoisotopic (exact) mass is 406 g/mol. The largest absolute Gasteiger partial charge is 0.494 e. The summed E-state index contributed by atoms with van der Waals surface area (Å²) in [5.74, 6) is 2.28. The molecule has 0 aliphatic rings. The Hall–Kier alpha value is -2.06. The second kappa shape index (κ2) is 8.16. The molecule has 0 fully saturated rings. The van der Waals surface area contributed by atoms with Gasteiger partial charge in [-0.15, -0.1) is 5.10 Å². The second-order valence-electron chi connectivity index (χ2n) is 4.70. The van der Waals surface area contributed by atoms with Crippen molar-refractivity contribution in [2.75, 3.05) is 19.5 Å². The number of rotatable bonds is 7. The molecule has 0 bridgehead atoms. The van der Waals surface area contributed by atoms with Gasteiger partial charge in [-0.05, 0) is 46.8 Å². The third-order valence-corrected chi connectivity index (χ3v) is 4.56. The molecule has 0 saturated carbocycles. The van der Waals surface area contributed by atoms with E-state index in [1.807, 2.05) is 48.5 Å². The Kier molecular flexibility index (Phi) is 5.71. The first-order valence-corrected chi connectivity index (χ1v) is 8.99. The molecule has 24 heavy (non-hydrogen) atoms. The normalized spacial score (nSPS) is 10.6. The maximum Gasteiger partial charge on any atom is 0.214 e. The highest BCUT2D eigenvalue weighted by atomic mass is 79.9. The van der Waals surface area contributed by atoms with Gasteiger partial charge in [0.2, 0.25) is 5.16 Å². The fourth-order valence-corrected chi connectivity index (χ4v) is 3.01. The average Bonchev–Trinajstić information content (AvgIpc) is 3.08. The van der Waals surface area contributed by atoms with E-state index >= 15 is 0 Å². The van der Waals surface area contributed by atoms with Crippen LogP contribution in [0.2, 0.25) is 0 Å². The van der Waals surface area contributed by atoms with Crippen LogP contribution in [-0.4, -0.2) is 39.7 Å². The van der Waals surface area contributed by atoms with Gasteiger partial charge in [-0.1, -0.05) is 39.8 Å². The smallest absolute Gasteiger partial charge is 0.214 e. The minimum Gasteiger partial charge on any atom is -0.494 e. The van der Waals surface area contributed by atoms with Crippen molar-refractivity contribution in [3.8, 4) is 17.2 Å². The van der Waals surface area contributed by atoms with Gasteiger partial charge in [0.15, 0.2) is 0 Å². The van der Waals surface area contributed by atoms with Gasteiger partial charge in [-0.3, -0.25) is 0 Å². The fourth-order valence-electron chi connectivity index (χ4n) is 2.05. The summed E-state index contributed by atoms with van der Waals surface area (Å²) in [5, 5.41) is 12.6. The summed E-state index contributed by atoms with van der Waals surface area (Å²) >= 11 is 4.93. The van der Waals surface area contributed by atoms with Crippen LogP contribution in [0.15, 0.2) is 58.2 Å². The predicted molar refractivity (Wildman–Crippen MR) is 96.1 cm³/mol. The van der Waals surface area contributed by atoms with Crippen LogP contribution in [-0.2, 0) is 0 Å². The molecule has 1 aromatic heterocycles. The minimum atomic E-state index is 0.561. The molecule has 3 aromatic rings. The summed E-state index contributed by atoms with van der Waals surface area (Å²) in [4.78, 5) is 0. The molecule has 0 radical (unpaired) electrons. The van der Waals surface area contributed by atoms with E-state index < -0.39 is 0 Å². The van der Waals surface area contributed by atoms with E-state index in [4.69, 9.17) is 9.47 Å². The molecule has 0 amide bonds. The Bertz CT molecular complexity index is 795. The van der Waals surface area contributed by atoms with Gasteiger partial charge in [0, 0.05) is 10.2 Å². The average molecular weight is 407 g/mol. The highest BCUT2D eigenvalue weighted by Crippen LogP contribution is 2.25. The zero-order valence-electron chi connectivity index (χ0n) is 12.9. The minimum absolute atomic E-state index is 0.561. The van der Waals surface area contributed by atoms with E-state index in [1.54, 1.807) is 11.8 Å². The molecule has 0 spiro atoms. The first-order chi connectivity index (χ1) is 11.8. The predicted octanol–water partition coefficient (Wildman–Crippen LogP) is 3.60. The molecule has 124 valence electrons. The molecule has 1 heterocycles. The molecule has 0 saturated heterocycles. The first kappa shape index (κ1) is 16.8. The van der Waals surface area contributed by atoms with E-state index in [1.165, 1.54) is 11.8 Å². The Labute approximate surface area is 152 Å². The van der Waals surface area contributed by atoms with Crippen molar-refractivity contribution in [2.24, 2.45) is 0 Å². The lowest BCUT2D eigenvalue weighted by atomic mass is 10.3. The van der Waals surface area contributed by atoms with Gasteiger partial charge >= 0.3 is 0 Å². The summed E-state index contributed by atoms with van der Waals surface area (Å²) in [5.41, 5.74) is 0.807. The highest BCUT2D eigenvalue weighted by molar-refractivity contribution is 9.10. The van der Waals surface area contributed by atoms with Crippen LogP contribution in [0.25, 0.3) is 5.69 Å². The number of aromatic nitrogens is 4. The summed E-state index contributed by atoms with van der Waals surface area (Å²) in [6, 6.07) is 15.4. The Morgan fingerprint density at radius 2 is 1.92 bits per heavy atom. The highest BCUT2D eigenvalue weighted by Gasteiger charge is 2.12. The van der Waals surface area contributed by atoms with E-state index in [0.29, 0.717) is 11.8 Å². The second-order valence-corrected chi connectivity index (χ2v) is 6.67. The van der Waals surface area contributed by atoms with E-state index in [2.05, 4.69) is 31.5 Å². The lowest BCUT2D eigenvalue weighted by Gasteiger charge is -2.09. The summed E-state index contributed by atoms with van der Waals surface area (Å²) in [7, 11) is 1.63. The number of halogens is 1. The van der Waals surface area contributed by atoms with E-state index in [-0.39, 0.29) is 0 Å². The van der Waals surface area contributed by atoms with Gasteiger partial charge in [0.25, 0.3) is 0 Å². The van der Waals surface area contributed by atoms with Crippen LogP contribution in [0, 0.1) is 0 Å². The first-order valence-electron chi connectivity index (χ1n) is 7.21. The van der Waals surface area contributed by atoms with Crippen LogP contribution in [0.4, 0.5) is 0 Å². The summed E-state index contributed by atoms with van der Waals surface area (Å²) in [6.07, 6.45) is 0. The van der Waals surface area contributed by atoms with E-state index in [9.17, 15) is 0 Å². The van der Waals surface area contributed by atoms with Gasteiger partial charge in [-0.2, -0.15) is 4.68 Å². The van der Waals surface area contributed by atoms with E-state index in [0.717, 1.165) is 27.4 Å². The summed E-state index contributed by atoms with van der Waals surface area (Å²) < 4.78 is 13.8. The lowest BCUT2D eigenvalue weighted by Crippen LogP contribution is -2.04. The Morgan fingerprint density at radius 3 is 2.71 bits per heavy atom. The zero-order chi connectivity index (χ0) is 16.8. The van der Waals surface area contributed by atoms with Crippen molar-refractivity contribution in [3.63, 3.8) is 0 Å². The van der Waals surface area contributed by atoms with Gasteiger partial charge in [0.05, 0.1) is 13.7 Å². The molecule has 2 aromatic carbocycles. The number of hydrogen-bond acceptors (Lipinski definition) is 6. The number of hydrogen-bond donors (Lipinski definition) is 0. The topological polar surface area (TPSA) is 62.1 Å². The maximum absolute atomic E-state index is 5.71. The number of tetrazole rings is 1. The molecule has 0 unspecified atom stereocenters. The number of methoxy groups -OCH3 is 1. The molecular formula is C16H15BrN4O2S. The van der Waals surface area contributed by atoms with Crippen LogP contribution in [0.1, 0.15) is 0 Å². The van der Waals surface area contributed by atoms with Crippen molar-refractivity contribution >= 4 is 27.7 Å². The number of ether oxygens (including phenoxy) is 2. The Morgan fingerprint density at radius 1 is 1.12 bits per heavy atom. The number of para-hydroxylation sites is 2. The standard InChI is InChI=1S/C16H15BrN4O2S/c1-22-15-5-3-2-4-14(15)21-16(18-19-20-21)24-11-10-23-13-8-6-12(17)7-9-13/h2-9H,10-11H2,1H3. The molecule has 0 atom stereocenters. The third-order valence-electron chi connectivity index (χ3n) is 3.15. The van der Waals surface area contributed by atoms with Gasteiger partial charge in [0.1, 0.15) is 17.2 Å². The molecule has 6 nitrogen and oxygen atoms in total.